The van der Waals surface area contributed by atoms with Gasteiger partial charge >= 0.3 is 5.79 Å². The summed E-state index contributed by atoms with van der Waals surface area (Å²) in [4.78, 5) is 30.7. The number of phenols is 3. The van der Waals surface area contributed by atoms with Crippen LogP contribution in [0, 0.1) is 30.6 Å². The van der Waals surface area contributed by atoms with Crippen LogP contribution in [0.1, 0.15) is 88.7 Å². The van der Waals surface area contributed by atoms with E-state index in [-0.39, 0.29) is 44.5 Å². The number of Topliss-reactive ketones (excluding diaryl/α,β-unsaturated/α-hetero) is 1. The van der Waals surface area contributed by atoms with Gasteiger partial charge in [-0.3, -0.25) is 19.5 Å². The zero-order valence-electron chi connectivity index (χ0n) is 35.9. The summed E-state index contributed by atoms with van der Waals surface area (Å²) in [6.45, 7) is 14.1. The van der Waals surface area contributed by atoms with E-state index in [1.54, 1.807) is 46.8 Å². The number of hydrogen-bond donors (Lipinski definition) is 7. The number of nitrogens with one attached hydrogen (secondary N) is 1. The number of aromatic hydroxyl groups is 3. The van der Waals surface area contributed by atoms with Gasteiger partial charge in [-0.15, -0.1) is 0 Å². The summed E-state index contributed by atoms with van der Waals surface area (Å²) >= 11 is 0. The first-order chi connectivity index (χ1) is 28.4. The van der Waals surface area contributed by atoms with Crippen LogP contribution >= 0.6 is 0 Å². The summed E-state index contributed by atoms with van der Waals surface area (Å²) in [7, 11) is 1.45. The van der Waals surface area contributed by atoms with E-state index in [2.05, 4.69) is 15.3 Å². The van der Waals surface area contributed by atoms with Gasteiger partial charge in [0.05, 0.1) is 59.1 Å². The average molecular weight is 835 g/mol. The van der Waals surface area contributed by atoms with Gasteiger partial charge in [0.1, 0.15) is 17.2 Å². The minimum atomic E-state index is -2.01. The second-order valence-corrected chi connectivity index (χ2v) is 17.2. The third-order valence-electron chi connectivity index (χ3n) is 13.3. The summed E-state index contributed by atoms with van der Waals surface area (Å²) in [5.74, 6) is -7.52. The van der Waals surface area contributed by atoms with Gasteiger partial charge in [0.2, 0.25) is 0 Å². The van der Waals surface area contributed by atoms with Crippen molar-refractivity contribution in [2.75, 3.05) is 38.6 Å². The number of methoxy groups -OCH3 is 1. The molecule has 2 fully saturated rings. The SMILES string of the molecule is CO[C@H]1/C=C/O[C@@]2(C)Oc3c(C)c(O)c4c(O)c(c(C=NN5CCN(C6CCCC6)CC5)c(O)c4c3C2=O)NC(=O)/C(C)=C/C=C/[C@H](C)[C@H](O)[C@@H](C)[C@@H](O)[C@@H](C)[C@H](O)[C@H]1C. The number of ketones is 1. The number of carbonyl (C=O) groups is 2. The molecular formula is C45H62N4O11. The number of fused-ring (bicyclic) bond motifs is 14. The van der Waals surface area contributed by atoms with Crippen molar-refractivity contribution in [1.29, 1.82) is 0 Å². The molecule has 0 spiro atoms. The van der Waals surface area contributed by atoms with E-state index in [1.807, 2.05) is 5.01 Å². The molecule has 1 saturated heterocycles. The van der Waals surface area contributed by atoms with Gasteiger partial charge in [-0.2, -0.15) is 5.10 Å². The van der Waals surface area contributed by atoms with E-state index >= 15 is 0 Å². The number of benzene rings is 2. The Morgan fingerprint density at radius 1 is 0.867 bits per heavy atom. The lowest BCUT2D eigenvalue weighted by atomic mass is 9.78. The van der Waals surface area contributed by atoms with Crippen molar-refractivity contribution in [2.24, 2.45) is 28.8 Å². The molecule has 7 rings (SSSR count). The van der Waals surface area contributed by atoms with E-state index < -0.39 is 82.8 Å². The van der Waals surface area contributed by atoms with Crippen molar-refractivity contribution in [3.05, 3.63) is 52.8 Å². The van der Waals surface area contributed by atoms with Crippen molar-refractivity contribution in [2.45, 2.75) is 110 Å². The highest BCUT2D eigenvalue weighted by atomic mass is 16.7. The Bertz CT molecular complexity index is 2070. The fraction of sp³-hybridized carbons (Fsp3) is 0.578. The van der Waals surface area contributed by atoms with E-state index in [0.29, 0.717) is 19.1 Å². The molecule has 0 radical (unpaired) electrons. The first-order valence-electron chi connectivity index (χ1n) is 21.0. The van der Waals surface area contributed by atoms with Gasteiger partial charge in [-0.05, 0) is 32.8 Å². The molecule has 1 amide bonds. The fourth-order valence-corrected chi connectivity index (χ4v) is 9.08. The second-order valence-electron chi connectivity index (χ2n) is 17.2. The van der Waals surface area contributed by atoms with Crippen molar-refractivity contribution in [3.63, 3.8) is 0 Å². The standard InChI is InChI=1S/C45H62N4O11/c1-23-12-11-13-24(2)44(57)47-35-30(22-46-49-19-17-48(18-20-49)29-14-9-10-15-29)40(54)32-33(41(35)55)39(53)28(6)42-34(32)43(56)45(7,60-42)59-21-16-31(58-8)25(3)37(51)27(5)38(52)26(4)36(23)50/h11-13,16,21-23,25-27,29,31,36-38,50-55H,9-10,14-15,17-20H2,1-8H3,(H,47,57)/b12-11+,21-16+,24-13+,46-22?/t23-,25-,26+,27-,31-,36-,37+,38+,45-/m0/s1. The maximum Gasteiger partial charge on any atom is 0.312 e. The molecule has 60 heavy (non-hydrogen) atoms. The van der Waals surface area contributed by atoms with E-state index in [9.17, 15) is 40.2 Å². The summed E-state index contributed by atoms with van der Waals surface area (Å²) in [6, 6.07) is 0.561. The first-order valence-corrected chi connectivity index (χ1v) is 21.0. The monoisotopic (exact) mass is 834 g/mol. The number of allylic oxidation sites excluding steroid dienone is 2. The summed E-state index contributed by atoms with van der Waals surface area (Å²) in [5.41, 5.74) is -0.233. The molecule has 4 heterocycles. The Balaban J connectivity index is 1.46. The normalized spacial score (nSPS) is 33.5. The summed E-state index contributed by atoms with van der Waals surface area (Å²) in [5, 5.41) is 78.4. The number of anilines is 1. The van der Waals surface area contributed by atoms with Crippen LogP contribution < -0.4 is 10.1 Å². The molecule has 0 unspecified atom stereocenters. The van der Waals surface area contributed by atoms with Gasteiger partial charge in [0, 0.05) is 86.4 Å². The third-order valence-corrected chi connectivity index (χ3v) is 13.3. The number of amides is 1. The molecule has 4 aliphatic heterocycles. The Hall–Kier alpha value is -4.67. The van der Waals surface area contributed by atoms with Crippen LogP contribution in [-0.2, 0) is 14.3 Å². The van der Waals surface area contributed by atoms with Crippen molar-refractivity contribution in [1.82, 2.24) is 9.91 Å². The number of carbonyl (C=O) groups excluding carboxylic acids is 2. The van der Waals surface area contributed by atoms with Crippen molar-refractivity contribution >= 4 is 34.4 Å². The smallest absolute Gasteiger partial charge is 0.312 e. The van der Waals surface area contributed by atoms with Gasteiger partial charge < -0.3 is 50.2 Å². The van der Waals surface area contributed by atoms with Crippen LogP contribution in [0.15, 0.2) is 41.2 Å². The largest absolute Gasteiger partial charge is 0.507 e. The topological polar surface area (TPSA) is 214 Å². The number of aliphatic hydroxyl groups is 3. The molecule has 15 heteroatoms. The molecule has 328 valence electrons. The van der Waals surface area contributed by atoms with Gasteiger partial charge in [-0.25, -0.2) is 0 Å². The number of hydrogen-bond acceptors (Lipinski definition) is 14. The number of aliphatic hydroxyl groups excluding tert-OH is 3. The molecule has 1 aliphatic carbocycles. The maximum absolute atomic E-state index is 14.4. The van der Waals surface area contributed by atoms with Crippen LogP contribution in [0.2, 0.25) is 0 Å². The number of nitrogens with zero attached hydrogens (tertiary/aromatic N) is 3. The molecule has 2 aromatic carbocycles. The number of rotatable bonds is 4. The molecule has 5 aliphatic rings. The number of ether oxygens (including phenoxy) is 3. The zero-order chi connectivity index (χ0) is 43.8. The predicted molar refractivity (Wildman–Crippen MR) is 227 cm³/mol. The van der Waals surface area contributed by atoms with Crippen LogP contribution in [0.3, 0.4) is 0 Å². The van der Waals surface area contributed by atoms with E-state index in [4.69, 9.17) is 14.2 Å². The molecule has 15 nitrogen and oxygen atoms in total. The Kier molecular flexibility index (Phi) is 13.6. The van der Waals surface area contributed by atoms with Gasteiger partial charge in [-0.1, -0.05) is 58.8 Å². The fourth-order valence-electron chi connectivity index (χ4n) is 9.08. The van der Waals surface area contributed by atoms with Gasteiger partial charge in [0.15, 0.2) is 5.75 Å². The highest BCUT2D eigenvalue weighted by molar-refractivity contribution is 6.23. The molecule has 5 bridgehead atoms. The molecular weight excluding hydrogens is 773 g/mol. The minimum Gasteiger partial charge on any atom is -0.507 e. The molecule has 9 atom stereocenters. The van der Waals surface area contributed by atoms with Crippen LogP contribution in [0.25, 0.3) is 10.8 Å². The number of hydrazone groups is 1. The Morgan fingerprint density at radius 3 is 2.15 bits per heavy atom. The van der Waals surface area contributed by atoms with Crippen molar-refractivity contribution in [3.8, 4) is 23.0 Å². The molecule has 2 aromatic rings. The Labute approximate surface area is 351 Å². The first kappa shape index (κ1) is 44.9. The summed E-state index contributed by atoms with van der Waals surface area (Å²) in [6.07, 6.45) is 9.71. The lowest BCUT2D eigenvalue weighted by molar-refractivity contribution is -0.112. The average Bonchev–Trinajstić information content (AvgIpc) is 3.87. The second kappa shape index (κ2) is 18.1. The predicted octanol–water partition coefficient (Wildman–Crippen LogP) is 5.08. The molecule has 7 N–H and O–H groups in total. The number of piperazine rings is 1. The maximum atomic E-state index is 14.4. The van der Waals surface area contributed by atoms with Gasteiger partial charge in [0.25, 0.3) is 11.7 Å². The highest BCUT2D eigenvalue weighted by Gasteiger charge is 2.50. The third kappa shape index (κ3) is 8.47. The lowest BCUT2D eigenvalue weighted by Crippen LogP contribution is -2.47. The van der Waals surface area contributed by atoms with Crippen LogP contribution in [-0.4, -0.2) is 128 Å². The van der Waals surface area contributed by atoms with Crippen LogP contribution in [0.4, 0.5) is 5.69 Å². The molecule has 0 aromatic heterocycles. The Morgan fingerprint density at radius 2 is 1.50 bits per heavy atom. The quantitative estimate of drug-likeness (QED) is 0.122. The number of phenolic OH excluding ortho intramolecular Hbond substituents is 3. The van der Waals surface area contributed by atoms with Crippen LogP contribution in [0.5, 0.6) is 23.0 Å². The highest BCUT2D eigenvalue weighted by Crippen LogP contribution is 2.55. The minimum absolute atomic E-state index is 0.0742. The lowest BCUT2D eigenvalue weighted by Gasteiger charge is -2.36. The zero-order valence-corrected chi connectivity index (χ0v) is 35.9. The van der Waals surface area contributed by atoms with Crippen molar-refractivity contribution < 1.29 is 54.4 Å². The van der Waals surface area contributed by atoms with E-state index in [0.717, 1.165) is 13.1 Å². The van der Waals surface area contributed by atoms with E-state index in [1.165, 1.54) is 71.3 Å². The summed E-state index contributed by atoms with van der Waals surface area (Å²) < 4.78 is 17.8. The molecule has 1 saturated carbocycles.